The van der Waals surface area contributed by atoms with Crippen LogP contribution < -0.4 is 5.73 Å². The number of hydrogen-bond acceptors (Lipinski definition) is 4. The smallest absolute Gasteiger partial charge is 0.304 e. The second kappa shape index (κ2) is 5.84. The molecular weight excluding hydrogens is 258 g/mol. The van der Waals surface area contributed by atoms with Crippen molar-refractivity contribution in [3.63, 3.8) is 0 Å². The number of hydrogen-bond donors (Lipinski definition) is 3. The van der Waals surface area contributed by atoms with E-state index in [0.717, 1.165) is 0 Å². The fourth-order valence-corrected chi connectivity index (χ4v) is 1.83. The summed E-state index contributed by atoms with van der Waals surface area (Å²) >= 11 is 5.78. The van der Waals surface area contributed by atoms with Crippen LogP contribution in [0, 0.1) is 5.92 Å². The predicted octanol–water partition coefficient (Wildman–Crippen LogP) is 1.80. The number of ketones is 1. The Morgan fingerprint density at radius 2 is 2.06 bits per heavy atom. The molecule has 0 saturated carbocycles. The van der Waals surface area contributed by atoms with Crippen molar-refractivity contribution in [3.05, 3.63) is 28.3 Å². The maximum Gasteiger partial charge on any atom is 0.304 e. The van der Waals surface area contributed by atoms with Crippen molar-refractivity contribution in [2.24, 2.45) is 11.7 Å². The number of halogens is 1. The summed E-state index contributed by atoms with van der Waals surface area (Å²) in [4.78, 5) is 22.5. The number of phenols is 1. The average Bonchev–Trinajstić information content (AvgIpc) is 2.30. The Labute approximate surface area is 109 Å². The Hall–Kier alpha value is -1.59. The molecule has 0 aliphatic heterocycles. The van der Waals surface area contributed by atoms with Crippen LogP contribution in [0.5, 0.6) is 5.75 Å². The van der Waals surface area contributed by atoms with Gasteiger partial charge < -0.3 is 15.9 Å². The average molecular weight is 272 g/mol. The Balaban J connectivity index is 3.06. The Morgan fingerprint density at radius 3 is 2.56 bits per heavy atom. The van der Waals surface area contributed by atoms with Crippen LogP contribution in [0.2, 0.25) is 5.02 Å². The molecule has 6 heteroatoms. The molecule has 18 heavy (non-hydrogen) atoms. The molecule has 5 nitrogen and oxygen atoms in total. The lowest BCUT2D eigenvalue weighted by atomic mass is 9.95. The molecule has 1 rings (SSSR count). The van der Waals surface area contributed by atoms with Crippen molar-refractivity contribution in [3.8, 4) is 5.75 Å². The fraction of sp³-hybridized carbons (Fsp3) is 0.333. The van der Waals surface area contributed by atoms with Crippen LogP contribution in [0.3, 0.4) is 0 Å². The van der Waals surface area contributed by atoms with Crippen molar-refractivity contribution >= 4 is 23.4 Å². The van der Waals surface area contributed by atoms with Crippen molar-refractivity contribution in [1.29, 1.82) is 0 Å². The van der Waals surface area contributed by atoms with Crippen LogP contribution in [-0.2, 0) is 11.3 Å². The van der Waals surface area contributed by atoms with E-state index in [9.17, 15) is 14.7 Å². The highest BCUT2D eigenvalue weighted by molar-refractivity contribution is 6.32. The highest BCUT2D eigenvalue weighted by Gasteiger charge is 2.20. The minimum atomic E-state index is -1.04. The fourth-order valence-electron chi connectivity index (χ4n) is 1.59. The van der Waals surface area contributed by atoms with Crippen molar-refractivity contribution < 1.29 is 19.8 Å². The Bertz CT molecular complexity index is 487. The largest absolute Gasteiger partial charge is 0.506 e. The zero-order valence-corrected chi connectivity index (χ0v) is 10.6. The minimum absolute atomic E-state index is 0.0313. The lowest BCUT2D eigenvalue weighted by Crippen LogP contribution is -2.16. The maximum absolute atomic E-state index is 12.0. The summed E-state index contributed by atoms with van der Waals surface area (Å²) in [6.07, 6.45) is -0.255. The van der Waals surface area contributed by atoms with Gasteiger partial charge in [0.15, 0.2) is 5.78 Å². The second-order valence-corrected chi connectivity index (χ2v) is 4.44. The summed E-state index contributed by atoms with van der Waals surface area (Å²) in [5.74, 6) is -2.19. The molecule has 0 spiro atoms. The molecule has 0 aliphatic carbocycles. The molecule has 4 N–H and O–H groups in total. The van der Waals surface area contributed by atoms with Crippen molar-refractivity contribution in [2.75, 3.05) is 0 Å². The van der Waals surface area contributed by atoms with Crippen LogP contribution in [0.15, 0.2) is 12.1 Å². The number of phenolic OH excluding ortho intramolecular Hbond substituents is 1. The van der Waals surface area contributed by atoms with Crippen molar-refractivity contribution in [2.45, 2.75) is 19.9 Å². The number of carbonyl (C=O) groups excluding carboxylic acids is 1. The third kappa shape index (κ3) is 3.21. The van der Waals surface area contributed by atoms with E-state index in [0.29, 0.717) is 5.56 Å². The SMILES string of the molecule is CC(CC(=O)O)C(=O)c1cc(Cl)c(O)c(CN)c1. The first kappa shape index (κ1) is 14.5. The predicted molar refractivity (Wildman–Crippen MR) is 66.8 cm³/mol. The molecular formula is C12H14ClNO4. The summed E-state index contributed by atoms with van der Waals surface area (Å²) in [6, 6.07) is 2.75. The standard InChI is InChI=1S/C12H14ClNO4/c1-6(2-10(15)16)11(17)7-3-8(5-14)12(18)9(13)4-7/h3-4,6,18H,2,5,14H2,1H3,(H,15,16). The zero-order valence-electron chi connectivity index (χ0n) is 9.81. The maximum atomic E-state index is 12.0. The molecule has 98 valence electrons. The van der Waals surface area contributed by atoms with Crippen LogP contribution in [0.1, 0.15) is 29.3 Å². The number of carbonyl (C=O) groups is 2. The molecule has 0 aromatic heterocycles. The van der Waals surface area contributed by atoms with Gasteiger partial charge in [0.05, 0.1) is 11.4 Å². The molecule has 0 bridgehead atoms. The molecule has 1 aromatic carbocycles. The van der Waals surface area contributed by atoms with Gasteiger partial charge in [-0.15, -0.1) is 0 Å². The number of carboxylic acid groups (broad SMARTS) is 1. The summed E-state index contributed by atoms with van der Waals surface area (Å²) in [6.45, 7) is 1.57. The van der Waals surface area contributed by atoms with Gasteiger partial charge in [-0.3, -0.25) is 9.59 Å². The lowest BCUT2D eigenvalue weighted by Gasteiger charge is -2.11. The van der Waals surface area contributed by atoms with E-state index in [2.05, 4.69) is 0 Å². The Morgan fingerprint density at radius 1 is 1.44 bits per heavy atom. The Kier molecular flexibility index (Phi) is 4.69. The first-order valence-corrected chi connectivity index (χ1v) is 5.72. The van der Waals surface area contributed by atoms with Gasteiger partial charge in [0.2, 0.25) is 0 Å². The summed E-state index contributed by atoms with van der Waals surface area (Å²) in [7, 11) is 0. The third-order valence-corrected chi connectivity index (χ3v) is 2.86. The van der Waals surface area contributed by atoms with Gasteiger partial charge in [-0.05, 0) is 12.1 Å². The molecule has 1 unspecified atom stereocenters. The second-order valence-electron chi connectivity index (χ2n) is 4.03. The number of nitrogens with two attached hydrogens (primary N) is 1. The van der Waals surface area contributed by atoms with Crippen LogP contribution in [0.4, 0.5) is 0 Å². The van der Waals surface area contributed by atoms with E-state index >= 15 is 0 Å². The molecule has 1 aromatic rings. The van der Waals surface area contributed by atoms with Gasteiger partial charge in [0, 0.05) is 23.6 Å². The molecule has 0 radical (unpaired) electrons. The third-order valence-electron chi connectivity index (χ3n) is 2.58. The highest BCUT2D eigenvalue weighted by atomic mass is 35.5. The van der Waals surface area contributed by atoms with E-state index in [1.807, 2.05) is 0 Å². The quantitative estimate of drug-likeness (QED) is 0.709. The van der Waals surface area contributed by atoms with E-state index in [4.69, 9.17) is 22.4 Å². The van der Waals surface area contributed by atoms with Crippen LogP contribution >= 0.6 is 11.6 Å². The van der Waals surface area contributed by atoms with Gasteiger partial charge in [0.1, 0.15) is 5.75 Å². The monoisotopic (exact) mass is 271 g/mol. The summed E-state index contributed by atoms with van der Waals surface area (Å²) in [5.41, 5.74) is 6.03. The normalized spacial score (nSPS) is 12.2. The minimum Gasteiger partial charge on any atom is -0.506 e. The molecule has 0 amide bonds. The van der Waals surface area contributed by atoms with Gasteiger partial charge in [0.25, 0.3) is 0 Å². The number of aromatic hydroxyl groups is 1. The van der Waals surface area contributed by atoms with E-state index < -0.39 is 11.9 Å². The van der Waals surface area contributed by atoms with E-state index in [-0.39, 0.29) is 35.1 Å². The zero-order chi connectivity index (χ0) is 13.9. The molecule has 0 fully saturated rings. The first-order valence-electron chi connectivity index (χ1n) is 5.34. The van der Waals surface area contributed by atoms with Crippen LogP contribution in [0.25, 0.3) is 0 Å². The number of aliphatic carboxylic acids is 1. The highest BCUT2D eigenvalue weighted by Crippen LogP contribution is 2.30. The summed E-state index contributed by atoms with van der Waals surface area (Å²) in [5, 5.41) is 18.2. The van der Waals surface area contributed by atoms with Gasteiger partial charge in [-0.1, -0.05) is 18.5 Å². The number of carboxylic acids is 1. The first-order chi connectivity index (χ1) is 8.36. The molecule has 0 aliphatic rings. The van der Waals surface area contributed by atoms with Gasteiger partial charge in [-0.2, -0.15) is 0 Å². The molecule has 0 saturated heterocycles. The molecule has 0 heterocycles. The van der Waals surface area contributed by atoms with E-state index in [1.54, 1.807) is 0 Å². The van der Waals surface area contributed by atoms with Crippen molar-refractivity contribution in [1.82, 2.24) is 0 Å². The van der Waals surface area contributed by atoms with Crippen LogP contribution in [-0.4, -0.2) is 22.0 Å². The number of benzene rings is 1. The number of rotatable bonds is 5. The molecule has 1 atom stereocenters. The van der Waals surface area contributed by atoms with Gasteiger partial charge >= 0.3 is 5.97 Å². The number of Topliss-reactive ketones (excluding diaryl/α,β-unsaturated/α-hetero) is 1. The summed E-state index contributed by atoms with van der Waals surface area (Å²) < 4.78 is 0. The lowest BCUT2D eigenvalue weighted by molar-refractivity contribution is -0.137. The van der Waals surface area contributed by atoms with E-state index in [1.165, 1.54) is 19.1 Å². The van der Waals surface area contributed by atoms with Gasteiger partial charge in [-0.25, -0.2) is 0 Å². The topological polar surface area (TPSA) is 101 Å².